The minimum absolute atomic E-state index is 0.104. The summed E-state index contributed by atoms with van der Waals surface area (Å²) in [6, 6.07) is 18.8. The number of hydrogen-bond acceptors (Lipinski definition) is 5. The lowest BCUT2D eigenvalue weighted by atomic mass is 10.0. The molecule has 0 saturated carbocycles. The number of nitrogens with one attached hydrogen (secondary N) is 1. The van der Waals surface area contributed by atoms with Gasteiger partial charge in [0.15, 0.2) is 0 Å². The Balaban J connectivity index is 1.89. The summed E-state index contributed by atoms with van der Waals surface area (Å²) >= 11 is 0. The molecule has 0 fully saturated rings. The molecule has 0 aliphatic rings. The Morgan fingerprint density at radius 1 is 0.963 bits per heavy atom. The molecular weight excluding hydrogens is 346 g/mol. The van der Waals surface area contributed by atoms with E-state index < -0.39 is 12.2 Å². The lowest BCUT2D eigenvalue weighted by molar-refractivity contribution is 0.0817. The van der Waals surface area contributed by atoms with Crippen LogP contribution >= 0.6 is 0 Å². The molecule has 0 radical (unpaired) electrons. The maximum Gasteiger partial charge on any atom is 0.508 e. The molecule has 0 spiro atoms. The highest BCUT2D eigenvalue weighted by molar-refractivity contribution is 5.68. The van der Waals surface area contributed by atoms with Gasteiger partial charge >= 0.3 is 12.2 Å². The fourth-order valence-corrected chi connectivity index (χ4v) is 2.35. The van der Waals surface area contributed by atoms with Gasteiger partial charge in [-0.25, -0.2) is 9.59 Å². The predicted molar refractivity (Wildman–Crippen MR) is 101 cm³/mol. The van der Waals surface area contributed by atoms with Crippen LogP contribution in [0.25, 0.3) is 0 Å². The smallest absolute Gasteiger partial charge is 0.445 e. The molecule has 2 rings (SSSR count). The van der Waals surface area contributed by atoms with E-state index in [9.17, 15) is 9.59 Å². The molecule has 1 amide bonds. The van der Waals surface area contributed by atoms with Crippen LogP contribution in [0.2, 0.25) is 0 Å². The van der Waals surface area contributed by atoms with Crippen molar-refractivity contribution in [1.29, 1.82) is 0 Å². The van der Waals surface area contributed by atoms with E-state index in [1.807, 2.05) is 66.7 Å². The van der Waals surface area contributed by atoms with Gasteiger partial charge in [-0.2, -0.15) is 0 Å². The number of amides is 1. The van der Waals surface area contributed by atoms with Gasteiger partial charge in [-0.1, -0.05) is 72.8 Å². The van der Waals surface area contributed by atoms with Crippen molar-refractivity contribution in [3.8, 4) is 0 Å². The molecule has 1 unspecified atom stereocenters. The fraction of sp³-hybridized carbons (Fsp3) is 0.238. The first-order valence-electron chi connectivity index (χ1n) is 8.57. The zero-order valence-corrected chi connectivity index (χ0v) is 15.2. The third kappa shape index (κ3) is 7.64. The number of methoxy groups -OCH3 is 1. The molecule has 0 aliphatic heterocycles. The molecule has 6 nitrogen and oxygen atoms in total. The first kappa shape index (κ1) is 20.0. The molecule has 2 aromatic carbocycles. The molecule has 27 heavy (non-hydrogen) atoms. The van der Waals surface area contributed by atoms with E-state index in [1.54, 1.807) is 6.08 Å². The van der Waals surface area contributed by atoms with Crippen LogP contribution in [0.5, 0.6) is 0 Å². The fourth-order valence-electron chi connectivity index (χ4n) is 2.35. The molecule has 0 aromatic heterocycles. The first-order valence-corrected chi connectivity index (χ1v) is 8.57. The van der Waals surface area contributed by atoms with Crippen molar-refractivity contribution in [1.82, 2.24) is 5.32 Å². The van der Waals surface area contributed by atoms with Crippen LogP contribution in [0.3, 0.4) is 0 Å². The summed E-state index contributed by atoms with van der Waals surface area (Å²) < 4.78 is 14.5. The number of hydrogen-bond donors (Lipinski definition) is 1. The quantitative estimate of drug-likeness (QED) is 0.552. The Morgan fingerprint density at radius 3 is 2.30 bits per heavy atom. The maximum atomic E-state index is 12.2. The summed E-state index contributed by atoms with van der Waals surface area (Å²) in [4.78, 5) is 23.1. The van der Waals surface area contributed by atoms with Crippen LogP contribution in [0.4, 0.5) is 9.59 Å². The number of carbonyl (C=O) groups excluding carboxylic acids is 2. The minimum atomic E-state index is -0.734. The second-order valence-electron chi connectivity index (χ2n) is 5.64. The maximum absolute atomic E-state index is 12.2. The molecule has 0 saturated heterocycles. The van der Waals surface area contributed by atoms with Crippen LogP contribution in [0.1, 0.15) is 23.6 Å². The van der Waals surface area contributed by atoms with Crippen molar-refractivity contribution in [3.63, 3.8) is 0 Å². The molecule has 0 bridgehead atoms. The van der Waals surface area contributed by atoms with Crippen molar-refractivity contribution < 1.29 is 23.8 Å². The Bertz CT molecular complexity index is 731. The van der Waals surface area contributed by atoms with Crippen LogP contribution in [-0.2, 0) is 20.8 Å². The largest absolute Gasteiger partial charge is 0.508 e. The van der Waals surface area contributed by atoms with E-state index in [-0.39, 0.29) is 19.3 Å². The molecule has 2 aromatic rings. The Morgan fingerprint density at radius 2 is 1.63 bits per heavy atom. The molecular formula is C21H23NO5. The van der Waals surface area contributed by atoms with E-state index in [2.05, 4.69) is 10.1 Å². The van der Waals surface area contributed by atoms with E-state index >= 15 is 0 Å². The average Bonchev–Trinajstić information content (AvgIpc) is 2.72. The van der Waals surface area contributed by atoms with Crippen molar-refractivity contribution >= 4 is 12.2 Å². The number of carbonyl (C=O) groups is 2. The van der Waals surface area contributed by atoms with Crippen molar-refractivity contribution in [2.75, 3.05) is 13.7 Å². The Kier molecular flexibility index (Phi) is 8.43. The van der Waals surface area contributed by atoms with E-state index in [4.69, 9.17) is 9.47 Å². The first-order chi connectivity index (χ1) is 13.2. The normalized spacial score (nSPS) is 11.6. The monoisotopic (exact) mass is 369 g/mol. The van der Waals surface area contributed by atoms with Crippen molar-refractivity contribution in [3.05, 3.63) is 83.9 Å². The summed E-state index contributed by atoms with van der Waals surface area (Å²) in [5.74, 6) is 0. The molecule has 0 aliphatic carbocycles. The second kappa shape index (κ2) is 11.4. The molecule has 6 heteroatoms. The van der Waals surface area contributed by atoms with Gasteiger partial charge in [0.05, 0.1) is 13.2 Å². The summed E-state index contributed by atoms with van der Waals surface area (Å²) in [7, 11) is 1.25. The van der Waals surface area contributed by atoms with Crippen LogP contribution < -0.4 is 5.32 Å². The summed E-state index contributed by atoms with van der Waals surface area (Å²) in [6.07, 6.45) is 2.82. The zero-order chi connectivity index (χ0) is 19.3. The standard InChI is InChI=1S/C21H23NO5/c1-25-21(24)26-15-9-8-14-19(18-12-6-3-7-13-18)22-20(23)27-16-17-10-4-2-5-11-17/h2-13,19H,14-16H2,1H3,(H,22,23)/b9-8+. The number of ether oxygens (including phenoxy) is 3. The van der Waals surface area contributed by atoms with Gasteiger partial charge in [0.25, 0.3) is 0 Å². The third-order valence-electron chi connectivity index (χ3n) is 3.71. The summed E-state index contributed by atoms with van der Waals surface area (Å²) in [5, 5.41) is 2.87. The third-order valence-corrected chi connectivity index (χ3v) is 3.71. The van der Waals surface area contributed by atoms with Crippen LogP contribution in [-0.4, -0.2) is 26.0 Å². The van der Waals surface area contributed by atoms with Crippen molar-refractivity contribution in [2.45, 2.75) is 19.1 Å². The lowest BCUT2D eigenvalue weighted by Crippen LogP contribution is -2.28. The summed E-state index contributed by atoms with van der Waals surface area (Å²) in [6.45, 7) is 0.309. The highest BCUT2D eigenvalue weighted by Crippen LogP contribution is 2.17. The highest BCUT2D eigenvalue weighted by Gasteiger charge is 2.14. The zero-order valence-electron chi connectivity index (χ0n) is 15.2. The second-order valence-corrected chi connectivity index (χ2v) is 5.64. The number of rotatable bonds is 8. The molecule has 1 atom stereocenters. The highest BCUT2D eigenvalue weighted by atomic mass is 16.7. The lowest BCUT2D eigenvalue weighted by Gasteiger charge is -2.17. The SMILES string of the molecule is COC(=O)OC/C=C/CC(NC(=O)OCc1ccccc1)c1ccccc1. The molecule has 0 heterocycles. The van der Waals surface area contributed by atoms with Gasteiger partial charge in [-0.05, 0) is 17.5 Å². The van der Waals surface area contributed by atoms with E-state index in [0.717, 1.165) is 11.1 Å². The summed E-state index contributed by atoms with van der Waals surface area (Å²) in [5.41, 5.74) is 1.87. The van der Waals surface area contributed by atoms with E-state index in [1.165, 1.54) is 7.11 Å². The number of alkyl carbamates (subject to hydrolysis) is 1. The topological polar surface area (TPSA) is 73.9 Å². The van der Waals surface area contributed by atoms with Gasteiger partial charge in [-0.3, -0.25) is 0 Å². The van der Waals surface area contributed by atoms with Gasteiger partial charge in [0.2, 0.25) is 0 Å². The molecule has 142 valence electrons. The van der Waals surface area contributed by atoms with Crippen LogP contribution in [0, 0.1) is 0 Å². The Hall–Kier alpha value is -3.28. The molecule has 1 N–H and O–H groups in total. The van der Waals surface area contributed by atoms with Gasteiger partial charge in [0.1, 0.15) is 13.2 Å². The van der Waals surface area contributed by atoms with Gasteiger partial charge < -0.3 is 19.5 Å². The van der Waals surface area contributed by atoms with E-state index in [0.29, 0.717) is 6.42 Å². The minimum Gasteiger partial charge on any atom is -0.445 e. The van der Waals surface area contributed by atoms with Crippen molar-refractivity contribution in [2.24, 2.45) is 0 Å². The average molecular weight is 369 g/mol. The number of benzene rings is 2. The van der Waals surface area contributed by atoms with Gasteiger partial charge in [0, 0.05) is 0 Å². The van der Waals surface area contributed by atoms with Gasteiger partial charge in [-0.15, -0.1) is 0 Å². The Labute approximate surface area is 158 Å². The van der Waals surface area contributed by atoms with Crippen LogP contribution in [0.15, 0.2) is 72.8 Å². The predicted octanol–water partition coefficient (Wildman–Crippen LogP) is 4.38.